The molecule has 228 valence electrons. The highest BCUT2D eigenvalue weighted by molar-refractivity contribution is 7.98. The molecule has 2 fully saturated rings. The Balaban J connectivity index is 1.40. The highest BCUT2D eigenvalue weighted by Crippen LogP contribution is 2.32. The lowest BCUT2D eigenvalue weighted by Crippen LogP contribution is -2.48. The smallest absolute Gasteiger partial charge is 0.352 e. The number of anilines is 1. The fraction of sp³-hybridized carbons (Fsp3) is 0.464. The third-order valence-corrected chi connectivity index (χ3v) is 10.1. The number of carbonyl (C=O) groups is 3. The number of amides is 4. The maximum atomic E-state index is 13.4. The van der Waals surface area contributed by atoms with E-state index in [0.29, 0.717) is 32.0 Å². The molecule has 1 heterocycles. The largest absolute Gasteiger partial charge is 0.416 e. The van der Waals surface area contributed by atoms with Gasteiger partial charge in [0, 0.05) is 24.0 Å². The van der Waals surface area contributed by atoms with Gasteiger partial charge in [0.1, 0.15) is 0 Å². The fourth-order valence-corrected chi connectivity index (χ4v) is 7.12. The second kappa shape index (κ2) is 13.4. The molecular formula is C28H33F3N4O5S2. The molecule has 1 saturated heterocycles. The zero-order chi connectivity index (χ0) is 30.5. The van der Waals surface area contributed by atoms with Crippen LogP contribution in [0, 0.1) is 5.92 Å². The maximum absolute atomic E-state index is 13.4. The van der Waals surface area contributed by atoms with Crippen LogP contribution in [0.5, 0.6) is 0 Å². The molecule has 2 atom stereocenters. The molecular weight excluding hydrogens is 593 g/mol. The molecule has 14 heteroatoms. The van der Waals surface area contributed by atoms with Crippen molar-refractivity contribution in [3.8, 4) is 0 Å². The number of nitrogens with one attached hydrogen (secondary N) is 3. The first-order chi connectivity index (χ1) is 19.9. The molecule has 1 aliphatic carbocycles. The molecule has 0 bridgehead atoms. The Kier molecular flexibility index (Phi) is 10.1. The summed E-state index contributed by atoms with van der Waals surface area (Å²) < 4.78 is 66.2. The van der Waals surface area contributed by atoms with Gasteiger partial charge < -0.3 is 20.9 Å². The van der Waals surface area contributed by atoms with Gasteiger partial charge in [-0.1, -0.05) is 12.8 Å². The molecule has 2 aliphatic rings. The summed E-state index contributed by atoms with van der Waals surface area (Å²) in [6.07, 6.45) is 0.750. The Bertz CT molecular complexity index is 1410. The fourth-order valence-electron chi connectivity index (χ4n) is 5.00. The first kappa shape index (κ1) is 31.7. The van der Waals surface area contributed by atoms with Gasteiger partial charge in [0.05, 0.1) is 34.0 Å². The lowest BCUT2D eigenvalue weighted by atomic mass is 9.86. The zero-order valence-electron chi connectivity index (χ0n) is 23.0. The molecule has 9 nitrogen and oxygen atoms in total. The molecule has 0 unspecified atom stereocenters. The Morgan fingerprint density at radius 3 is 2.31 bits per heavy atom. The van der Waals surface area contributed by atoms with E-state index in [-0.39, 0.29) is 22.3 Å². The molecule has 2 aromatic rings. The van der Waals surface area contributed by atoms with Gasteiger partial charge in [0.2, 0.25) is 5.91 Å². The number of halogens is 3. The lowest BCUT2D eigenvalue weighted by Gasteiger charge is -2.32. The quantitative estimate of drug-likeness (QED) is 0.351. The Labute approximate surface area is 246 Å². The predicted molar refractivity (Wildman–Crippen MR) is 153 cm³/mol. The van der Waals surface area contributed by atoms with E-state index in [1.807, 2.05) is 6.26 Å². The molecule has 4 amide bonds. The highest BCUT2D eigenvalue weighted by atomic mass is 32.2. The van der Waals surface area contributed by atoms with Crippen LogP contribution in [0.15, 0.2) is 52.3 Å². The van der Waals surface area contributed by atoms with E-state index in [1.165, 1.54) is 16.7 Å². The zero-order valence-corrected chi connectivity index (χ0v) is 24.6. The molecule has 1 saturated carbocycles. The number of thioether (sulfide) groups is 1. The van der Waals surface area contributed by atoms with Crippen LogP contribution >= 0.6 is 11.8 Å². The van der Waals surface area contributed by atoms with E-state index in [0.717, 1.165) is 36.3 Å². The van der Waals surface area contributed by atoms with Gasteiger partial charge in [-0.2, -0.15) is 13.2 Å². The normalized spacial score (nSPS) is 19.0. The number of carbonyl (C=O) groups excluding carboxylic acids is 3. The van der Waals surface area contributed by atoms with Crippen LogP contribution in [0.1, 0.15) is 48.0 Å². The van der Waals surface area contributed by atoms with Crippen molar-refractivity contribution in [2.45, 2.75) is 54.1 Å². The molecule has 1 aliphatic heterocycles. The van der Waals surface area contributed by atoms with E-state index in [1.54, 1.807) is 24.3 Å². The number of sulfone groups is 1. The van der Waals surface area contributed by atoms with Crippen LogP contribution < -0.4 is 16.0 Å². The third-order valence-electron chi connectivity index (χ3n) is 7.49. The van der Waals surface area contributed by atoms with Crippen molar-refractivity contribution in [3.05, 3.63) is 53.6 Å². The van der Waals surface area contributed by atoms with Crippen molar-refractivity contribution in [2.24, 2.45) is 5.92 Å². The lowest BCUT2D eigenvalue weighted by molar-refractivity contribution is -0.137. The highest BCUT2D eigenvalue weighted by Gasteiger charge is 2.33. The van der Waals surface area contributed by atoms with Crippen molar-refractivity contribution >= 4 is 45.1 Å². The summed E-state index contributed by atoms with van der Waals surface area (Å²) in [5, 5.41) is 7.61. The SMILES string of the molecule is CSc1ccc(S(=O)(=O)C[C@H]2CCCC[C@@H]2NC(=O)CNC(=O)c2cc(C(F)(F)F)ccc2NC(=O)N2CCC2)cc1. The molecule has 3 N–H and O–H groups in total. The van der Waals surface area contributed by atoms with Gasteiger partial charge in [0.25, 0.3) is 5.91 Å². The van der Waals surface area contributed by atoms with Crippen molar-refractivity contribution in [2.75, 3.05) is 37.0 Å². The molecule has 0 radical (unpaired) electrons. The summed E-state index contributed by atoms with van der Waals surface area (Å²) in [6, 6.07) is 8.06. The average Bonchev–Trinajstić information content (AvgIpc) is 2.91. The van der Waals surface area contributed by atoms with E-state index < -0.39 is 57.6 Å². The van der Waals surface area contributed by atoms with Gasteiger partial charge in [-0.15, -0.1) is 11.8 Å². The van der Waals surface area contributed by atoms with Crippen LogP contribution in [0.4, 0.5) is 23.7 Å². The second-order valence-corrected chi connectivity index (χ2v) is 13.3. The third kappa shape index (κ3) is 7.97. The minimum absolute atomic E-state index is 0.110. The molecule has 0 spiro atoms. The first-order valence-electron chi connectivity index (χ1n) is 13.6. The van der Waals surface area contributed by atoms with Crippen LogP contribution in [0.25, 0.3) is 0 Å². The van der Waals surface area contributed by atoms with Crippen molar-refractivity contribution < 1.29 is 36.0 Å². The monoisotopic (exact) mass is 626 g/mol. The topological polar surface area (TPSA) is 125 Å². The number of alkyl halides is 3. The number of hydrogen-bond donors (Lipinski definition) is 3. The summed E-state index contributed by atoms with van der Waals surface area (Å²) in [4.78, 5) is 40.7. The number of urea groups is 1. The molecule has 0 aromatic heterocycles. The van der Waals surface area contributed by atoms with Crippen molar-refractivity contribution in [3.63, 3.8) is 0 Å². The van der Waals surface area contributed by atoms with Crippen molar-refractivity contribution in [1.82, 2.24) is 15.5 Å². The Morgan fingerprint density at radius 1 is 1.00 bits per heavy atom. The number of rotatable bonds is 9. The molecule has 4 rings (SSSR count). The minimum Gasteiger partial charge on any atom is -0.352 e. The van der Waals surface area contributed by atoms with Crippen molar-refractivity contribution in [1.29, 1.82) is 0 Å². The van der Waals surface area contributed by atoms with Crippen LogP contribution in [0.2, 0.25) is 0 Å². The minimum atomic E-state index is -4.72. The van der Waals surface area contributed by atoms with Crippen LogP contribution in [0.3, 0.4) is 0 Å². The number of hydrogen-bond acceptors (Lipinski definition) is 6. The Hall–Kier alpha value is -3.26. The van der Waals surface area contributed by atoms with Crippen LogP contribution in [-0.2, 0) is 20.8 Å². The van der Waals surface area contributed by atoms with Gasteiger partial charge in [0.15, 0.2) is 9.84 Å². The van der Waals surface area contributed by atoms with Gasteiger partial charge in [-0.3, -0.25) is 9.59 Å². The van der Waals surface area contributed by atoms with E-state index in [9.17, 15) is 36.0 Å². The van der Waals surface area contributed by atoms with E-state index in [2.05, 4.69) is 16.0 Å². The summed E-state index contributed by atoms with van der Waals surface area (Å²) in [5.41, 5.74) is -1.62. The summed E-state index contributed by atoms with van der Waals surface area (Å²) in [6.45, 7) is 0.463. The van der Waals surface area contributed by atoms with E-state index in [4.69, 9.17) is 0 Å². The Morgan fingerprint density at radius 2 is 1.69 bits per heavy atom. The average molecular weight is 627 g/mol. The number of nitrogens with zero attached hydrogens (tertiary/aromatic N) is 1. The summed E-state index contributed by atoms with van der Waals surface area (Å²) in [7, 11) is -3.61. The second-order valence-electron chi connectivity index (χ2n) is 10.4. The van der Waals surface area contributed by atoms with Gasteiger partial charge >= 0.3 is 12.2 Å². The molecule has 42 heavy (non-hydrogen) atoms. The number of likely N-dealkylation sites (tertiary alicyclic amines) is 1. The summed E-state index contributed by atoms with van der Waals surface area (Å²) >= 11 is 1.50. The standard InChI is InChI=1S/C28H33F3N4O5S2/c1-41-20-8-10-21(11-9-20)42(39,40)17-18-5-2-3-6-23(18)33-25(36)16-32-26(37)22-15-19(28(29,30)31)7-12-24(22)34-27(38)35-13-4-14-35/h7-12,15,18,23H,2-6,13-14,16-17H2,1H3,(H,32,37)(H,33,36)(H,34,38)/t18-,23+/m1/s1. The number of benzene rings is 2. The molecule has 2 aromatic carbocycles. The summed E-state index contributed by atoms with van der Waals surface area (Å²) in [5.74, 6) is -2.05. The van der Waals surface area contributed by atoms with Gasteiger partial charge in [-0.25, -0.2) is 13.2 Å². The maximum Gasteiger partial charge on any atom is 0.416 e. The van der Waals surface area contributed by atoms with Gasteiger partial charge in [-0.05, 0) is 73.9 Å². The predicted octanol–water partition coefficient (Wildman–Crippen LogP) is 4.54. The first-order valence-corrected chi connectivity index (χ1v) is 16.5. The van der Waals surface area contributed by atoms with Crippen LogP contribution in [-0.4, -0.2) is 68.8 Å². The van der Waals surface area contributed by atoms with E-state index >= 15 is 0 Å².